The summed E-state index contributed by atoms with van der Waals surface area (Å²) < 4.78 is 5.95. The zero-order valence-corrected chi connectivity index (χ0v) is 14.2. The van der Waals surface area contributed by atoms with Gasteiger partial charge in [0, 0.05) is 4.47 Å². The number of esters is 1. The lowest BCUT2D eigenvalue weighted by atomic mass is 10.2. The topological polar surface area (TPSA) is 92.3 Å². The number of nitrogens with one attached hydrogen (secondary N) is 1. The Morgan fingerprint density at radius 3 is 2.83 bits per heavy atom. The van der Waals surface area contributed by atoms with E-state index in [0.717, 1.165) is 0 Å². The molecule has 24 heavy (non-hydrogen) atoms. The van der Waals surface area contributed by atoms with Gasteiger partial charge >= 0.3 is 5.97 Å². The molecule has 0 radical (unpaired) electrons. The quantitative estimate of drug-likeness (QED) is 0.671. The van der Waals surface area contributed by atoms with Gasteiger partial charge in [-0.2, -0.15) is 0 Å². The number of phenols is 1. The van der Waals surface area contributed by atoms with Crippen molar-refractivity contribution in [3.8, 4) is 5.75 Å². The molecular formula is C17H13BrN2O4. The van der Waals surface area contributed by atoms with Crippen molar-refractivity contribution < 1.29 is 14.6 Å². The fourth-order valence-electron chi connectivity index (χ4n) is 2.25. The molecule has 0 aliphatic rings. The number of aromatic amines is 1. The Labute approximate surface area is 145 Å². The molecule has 2 aromatic carbocycles. The summed E-state index contributed by atoms with van der Waals surface area (Å²) in [5.74, 6) is -0.658. The Kier molecular flexibility index (Phi) is 4.35. The molecule has 7 heteroatoms. The highest BCUT2D eigenvalue weighted by molar-refractivity contribution is 9.10. The number of ether oxygens (including phenoxy) is 1. The number of aromatic nitrogens is 2. The third kappa shape index (κ3) is 3.16. The van der Waals surface area contributed by atoms with Crippen molar-refractivity contribution in [3.05, 3.63) is 68.7 Å². The van der Waals surface area contributed by atoms with Gasteiger partial charge in [-0.3, -0.25) is 4.79 Å². The monoisotopic (exact) mass is 388 g/mol. The average molecular weight is 389 g/mol. The number of rotatable bonds is 3. The summed E-state index contributed by atoms with van der Waals surface area (Å²) in [6.07, 6.45) is -0.784. The number of fused-ring (bicyclic) bond motifs is 1. The van der Waals surface area contributed by atoms with Crippen molar-refractivity contribution in [1.29, 1.82) is 0 Å². The van der Waals surface area contributed by atoms with Gasteiger partial charge in [-0.25, -0.2) is 9.78 Å². The summed E-state index contributed by atoms with van der Waals surface area (Å²) in [6.45, 7) is 1.60. The first-order valence-corrected chi connectivity index (χ1v) is 7.93. The molecule has 1 heterocycles. The molecule has 1 aromatic heterocycles. The number of aromatic hydroxyl groups is 1. The largest absolute Gasteiger partial charge is 0.507 e. The molecule has 0 spiro atoms. The van der Waals surface area contributed by atoms with Crippen molar-refractivity contribution >= 4 is 32.8 Å². The molecule has 0 fully saturated rings. The van der Waals surface area contributed by atoms with E-state index in [9.17, 15) is 14.7 Å². The highest BCUT2D eigenvalue weighted by Crippen LogP contribution is 2.24. The van der Waals surface area contributed by atoms with E-state index in [1.807, 2.05) is 0 Å². The zero-order valence-electron chi connectivity index (χ0n) is 12.6. The van der Waals surface area contributed by atoms with E-state index < -0.39 is 12.1 Å². The van der Waals surface area contributed by atoms with Gasteiger partial charge in [0.2, 0.25) is 0 Å². The number of carbonyl (C=O) groups excluding carboxylic acids is 1. The van der Waals surface area contributed by atoms with Crippen LogP contribution in [0.5, 0.6) is 5.75 Å². The minimum atomic E-state index is -0.784. The van der Waals surface area contributed by atoms with E-state index in [1.54, 1.807) is 37.3 Å². The number of carbonyl (C=O) groups is 1. The van der Waals surface area contributed by atoms with Gasteiger partial charge in [-0.15, -0.1) is 0 Å². The van der Waals surface area contributed by atoms with E-state index in [-0.39, 0.29) is 22.7 Å². The van der Waals surface area contributed by atoms with Crippen LogP contribution in [0.3, 0.4) is 0 Å². The lowest BCUT2D eigenvalue weighted by Gasteiger charge is -2.13. The molecule has 0 unspecified atom stereocenters. The number of para-hydroxylation sites is 1. The van der Waals surface area contributed by atoms with E-state index in [4.69, 9.17) is 4.74 Å². The van der Waals surface area contributed by atoms with Gasteiger partial charge in [-0.1, -0.05) is 28.1 Å². The summed E-state index contributed by atoms with van der Waals surface area (Å²) in [5.41, 5.74) is 0.243. The van der Waals surface area contributed by atoms with Crippen molar-refractivity contribution in [2.45, 2.75) is 13.0 Å². The lowest BCUT2D eigenvalue weighted by Crippen LogP contribution is -2.17. The summed E-state index contributed by atoms with van der Waals surface area (Å²) >= 11 is 3.23. The third-order valence-corrected chi connectivity index (χ3v) is 3.97. The summed E-state index contributed by atoms with van der Waals surface area (Å²) in [7, 11) is 0. The van der Waals surface area contributed by atoms with E-state index in [1.165, 1.54) is 12.1 Å². The maximum atomic E-state index is 12.2. The number of H-pyrrole nitrogens is 1. The van der Waals surface area contributed by atoms with Crippen LogP contribution >= 0.6 is 15.9 Å². The number of hydrogen-bond acceptors (Lipinski definition) is 5. The summed E-state index contributed by atoms with van der Waals surface area (Å²) in [4.78, 5) is 31.2. The Morgan fingerprint density at radius 2 is 2.04 bits per heavy atom. The Morgan fingerprint density at radius 1 is 1.29 bits per heavy atom. The normalized spacial score (nSPS) is 12.1. The van der Waals surface area contributed by atoms with Crippen LogP contribution in [0.1, 0.15) is 29.2 Å². The Bertz CT molecular complexity index is 984. The summed E-state index contributed by atoms with van der Waals surface area (Å²) in [5, 5.41) is 10.2. The van der Waals surface area contributed by atoms with E-state index in [0.29, 0.717) is 15.4 Å². The number of benzene rings is 2. The lowest BCUT2D eigenvalue weighted by molar-refractivity contribution is 0.0316. The van der Waals surface area contributed by atoms with E-state index in [2.05, 4.69) is 25.9 Å². The van der Waals surface area contributed by atoms with Crippen molar-refractivity contribution in [2.24, 2.45) is 0 Å². The maximum absolute atomic E-state index is 12.2. The van der Waals surface area contributed by atoms with Crippen LogP contribution in [-0.4, -0.2) is 21.0 Å². The molecule has 0 saturated heterocycles. The number of nitrogens with zero attached hydrogens (tertiary/aromatic N) is 1. The van der Waals surface area contributed by atoms with Crippen molar-refractivity contribution in [3.63, 3.8) is 0 Å². The second-order valence-electron chi connectivity index (χ2n) is 5.18. The molecule has 122 valence electrons. The standard InChI is InChI=1S/C17H13BrN2O4/c1-9(24-17(23)12-8-10(18)6-7-14(12)21)15-19-13-5-3-2-4-11(13)16(22)20-15/h2-9,21H,1H3,(H,19,20,22)/t9-/m0/s1. The van der Waals surface area contributed by atoms with Gasteiger partial charge in [0.25, 0.3) is 5.56 Å². The van der Waals surface area contributed by atoms with E-state index >= 15 is 0 Å². The fraction of sp³-hybridized carbons (Fsp3) is 0.118. The van der Waals surface area contributed by atoms with Crippen LogP contribution in [0.4, 0.5) is 0 Å². The van der Waals surface area contributed by atoms with Crippen LogP contribution in [0.25, 0.3) is 10.9 Å². The first kappa shape index (κ1) is 16.2. The smallest absolute Gasteiger partial charge is 0.342 e. The van der Waals surface area contributed by atoms with Crippen LogP contribution in [0.2, 0.25) is 0 Å². The molecular weight excluding hydrogens is 376 g/mol. The molecule has 2 N–H and O–H groups in total. The minimum absolute atomic E-state index is 0.0272. The van der Waals surface area contributed by atoms with Crippen LogP contribution in [0.15, 0.2) is 51.7 Å². The Hall–Kier alpha value is -2.67. The Balaban J connectivity index is 1.89. The second-order valence-corrected chi connectivity index (χ2v) is 6.09. The number of halogens is 1. The van der Waals surface area contributed by atoms with Crippen molar-refractivity contribution in [2.75, 3.05) is 0 Å². The molecule has 6 nitrogen and oxygen atoms in total. The summed E-state index contributed by atoms with van der Waals surface area (Å²) in [6, 6.07) is 11.4. The van der Waals surface area contributed by atoms with Gasteiger partial charge in [0.05, 0.1) is 10.9 Å². The molecule has 0 saturated carbocycles. The van der Waals surface area contributed by atoms with Crippen LogP contribution in [-0.2, 0) is 4.74 Å². The second kappa shape index (κ2) is 6.45. The van der Waals surface area contributed by atoms with Gasteiger partial charge in [0.15, 0.2) is 11.9 Å². The van der Waals surface area contributed by atoms with Gasteiger partial charge in [-0.05, 0) is 37.3 Å². The molecule has 1 atom stereocenters. The zero-order chi connectivity index (χ0) is 17.3. The highest BCUT2D eigenvalue weighted by atomic mass is 79.9. The predicted octanol–water partition coefficient (Wildman–Crippen LogP) is 3.31. The highest BCUT2D eigenvalue weighted by Gasteiger charge is 2.19. The fourth-order valence-corrected chi connectivity index (χ4v) is 2.61. The number of hydrogen-bond donors (Lipinski definition) is 2. The molecule has 0 bridgehead atoms. The maximum Gasteiger partial charge on any atom is 0.342 e. The molecule has 3 rings (SSSR count). The van der Waals surface area contributed by atoms with Crippen molar-refractivity contribution in [1.82, 2.24) is 9.97 Å². The number of phenolic OH excluding ortho intramolecular Hbond substituents is 1. The molecule has 3 aromatic rings. The molecule has 0 aliphatic heterocycles. The predicted molar refractivity (Wildman–Crippen MR) is 92.0 cm³/mol. The third-order valence-electron chi connectivity index (χ3n) is 3.48. The first-order chi connectivity index (χ1) is 11.5. The van der Waals surface area contributed by atoms with Gasteiger partial charge < -0.3 is 14.8 Å². The SMILES string of the molecule is C[C@H](OC(=O)c1cc(Br)ccc1O)c1nc2ccccc2c(=O)[nH]1. The molecule has 0 aliphatic carbocycles. The minimum Gasteiger partial charge on any atom is -0.507 e. The molecule has 0 amide bonds. The van der Waals surface area contributed by atoms with Crippen LogP contribution in [0, 0.1) is 0 Å². The average Bonchev–Trinajstić information content (AvgIpc) is 2.57. The van der Waals surface area contributed by atoms with Gasteiger partial charge in [0.1, 0.15) is 11.3 Å². The first-order valence-electron chi connectivity index (χ1n) is 7.14. The van der Waals surface area contributed by atoms with Crippen LogP contribution < -0.4 is 5.56 Å².